The Kier molecular flexibility index (Phi) is 5.58. The van der Waals surface area contributed by atoms with E-state index in [1.165, 1.54) is 4.90 Å². The van der Waals surface area contributed by atoms with Crippen LogP contribution < -0.4 is 4.90 Å². The SMILES string of the molecule is CCN(CC)C(=O)c1ccccc1N1CC(CS(=O)(=O)F)CC1=O. The first kappa shape index (κ1) is 18.4. The van der Waals surface area contributed by atoms with E-state index >= 15 is 0 Å². The van der Waals surface area contributed by atoms with Crippen LogP contribution in [-0.2, 0) is 15.0 Å². The van der Waals surface area contributed by atoms with Crippen molar-refractivity contribution in [1.29, 1.82) is 0 Å². The molecular weight excluding hydrogens is 335 g/mol. The third-order valence-corrected chi connectivity index (χ3v) is 4.99. The van der Waals surface area contributed by atoms with Crippen molar-refractivity contribution in [3.63, 3.8) is 0 Å². The standard InChI is InChI=1S/C16H21FN2O4S/c1-3-18(4-2)16(21)13-7-5-6-8-14(13)19-10-12(9-15(19)20)11-24(17,22)23/h5-8,12H,3-4,9-11H2,1-2H3. The van der Waals surface area contributed by atoms with Crippen LogP contribution in [0.15, 0.2) is 24.3 Å². The highest BCUT2D eigenvalue weighted by Crippen LogP contribution is 2.29. The minimum Gasteiger partial charge on any atom is -0.339 e. The average molecular weight is 356 g/mol. The molecule has 1 aromatic carbocycles. The Morgan fingerprint density at radius 2 is 1.92 bits per heavy atom. The van der Waals surface area contributed by atoms with Gasteiger partial charge < -0.3 is 9.80 Å². The van der Waals surface area contributed by atoms with Crippen molar-refractivity contribution in [2.24, 2.45) is 5.92 Å². The predicted molar refractivity (Wildman–Crippen MR) is 89.0 cm³/mol. The Hall–Kier alpha value is -1.96. The van der Waals surface area contributed by atoms with Gasteiger partial charge in [0.25, 0.3) is 5.91 Å². The van der Waals surface area contributed by atoms with E-state index in [-0.39, 0.29) is 24.8 Å². The molecule has 1 heterocycles. The molecule has 2 rings (SSSR count). The number of rotatable bonds is 6. The van der Waals surface area contributed by atoms with Gasteiger partial charge in [-0.2, -0.15) is 8.42 Å². The molecule has 0 aromatic heterocycles. The van der Waals surface area contributed by atoms with Gasteiger partial charge in [0, 0.05) is 32.0 Å². The summed E-state index contributed by atoms with van der Waals surface area (Å²) in [7, 11) is -4.64. The summed E-state index contributed by atoms with van der Waals surface area (Å²) in [5.74, 6) is -1.78. The van der Waals surface area contributed by atoms with Crippen molar-refractivity contribution < 1.29 is 21.9 Å². The quantitative estimate of drug-likeness (QED) is 0.729. The zero-order chi connectivity index (χ0) is 17.9. The van der Waals surface area contributed by atoms with Gasteiger partial charge in [0.2, 0.25) is 5.91 Å². The Labute approximate surface area is 141 Å². The highest BCUT2D eigenvalue weighted by atomic mass is 32.3. The minimum absolute atomic E-state index is 0.0447. The molecule has 0 saturated carbocycles. The van der Waals surface area contributed by atoms with Crippen molar-refractivity contribution in [2.45, 2.75) is 20.3 Å². The van der Waals surface area contributed by atoms with E-state index < -0.39 is 21.9 Å². The van der Waals surface area contributed by atoms with Gasteiger partial charge in [-0.15, -0.1) is 3.89 Å². The summed E-state index contributed by atoms with van der Waals surface area (Å²) in [6.45, 7) is 4.91. The van der Waals surface area contributed by atoms with Gasteiger partial charge in [0.05, 0.1) is 17.0 Å². The molecule has 1 aliphatic rings. The molecule has 132 valence electrons. The lowest BCUT2D eigenvalue weighted by Gasteiger charge is -2.24. The fourth-order valence-corrected chi connectivity index (χ4v) is 3.76. The Balaban J connectivity index is 2.30. The summed E-state index contributed by atoms with van der Waals surface area (Å²) in [4.78, 5) is 27.9. The van der Waals surface area contributed by atoms with Crippen LogP contribution in [0.2, 0.25) is 0 Å². The number of amides is 2. The molecule has 0 N–H and O–H groups in total. The van der Waals surface area contributed by atoms with E-state index in [1.54, 1.807) is 29.2 Å². The summed E-state index contributed by atoms with van der Waals surface area (Å²) in [6, 6.07) is 6.72. The third-order valence-electron chi connectivity index (χ3n) is 4.12. The molecule has 1 saturated heterocycles. The van der Waals surface area contributed by atoms with E-state index in [0.29, 0.717) is 24.3 Å². The average Bonchev–Trinajstić information content (AvgIpc) is 2.86. The molecule has 2 amide bonds. The van der Waals surface area contributed by atoms with E-state index in [9.17, 15) is 21.9 Å². The van der Waals surface area contributed by atoms with Gasteiger partial charge in [0.15, 0.2) is 0 Å². The third kappa shape index (κ3) is 4.11. The molecule has 6 nitrogen and oxygen atoms in total. The van der Waals surface area contributed by atoms with Gasteiger partial charge >= 0.3 is 10.2 Å². The maximum atomic E-state index is 12.9. The lowest BCUT2D eigenvalue weighted by Crippen LogP contribution is -2.33. The molecule has 24 heavy (non-hydrogen) atoms. The zero-order valence-corrected chi connectivity index (χ0v) is 14.6. The normalized spacial score (nSPS) is 18.0. The summed E-state index contributed by atoms with van der Waals surface area (Å²) in [6.07, 6.45) is -0.0447. The van der Waals surface area contributed by atoms with Crippen LogP contribution in [0.5, 0.6) is 0 Å². The maximum Gasteiger partial charge on any atom is 0.302 e. The molecule has 0 spiro atoms. The second-order valence-electron chi connectivity index (χ2n) is 5.77. The highest BCUT2D eigenvalue weighted by molar-refractivity contribution is 7.86. The first-order chi connectivity index (χ1) is 11.3. The molecule has 1 fully saturated rings. The van der Waals surface area contributed by atoms with Crippen LogP contribution >= 0.6 is 0 Å². The van der Waals surface area contributed by atoms with Crippen molar-refractivity contribution >= 4 is 27.7 Å². The van der Waals surface area contributed by atoms with Crippen LogP contribution in [0.3, 0.4) is 0 Å². The zero-order valence-electron chi connectivity index (χ0n) is 13.7. The molecule has 1 aromatic rings. The fourth-order valence-electron chi connectivity index (χ4n) is 2.98. The number of carbonyl (C=O) groups excluding carboxylic acids is 2. The van der Waals surface area contributed by atoms with Crippen molar-refractivity contribution in [3.05, 3.63) is 29.8 Å². The minimum atomic E-state index is -4.64. The second kappa shape index (κ2) is 7.29. The Morgan fingerprint density at radius 3 is 2.50 bits per heavy atom. The monoisotopic (exact) mass is 356 g/mol. The maximum absolute atomic E-state index is 12.9. The Bertz CT molecular complexity index is 731. The van der Waals surface area contributed by atoms with Crippen LogP contribution in [0.1, 0.15) is 30.6 Å². The van der Waals surface area contributed by atoms with Gasteiger partial charge in [0.1, 0.15) is 0 Å². The summed E-state index contributed by atoms with van der Waals surface area (Å²) < 4.78 is 34.5. The predicted octanol–water partition coefficient (Wildman–Crippen LogP) is 1.82. The largest absolute Gasteiger partial charge is 0.339 e. The smallest absolute Gasteiger partial charge is 0.302 e. The van der Waals surface area contributed by atoms with Gasteiger partial charge in [-0.25, -0.2) is 0 Å². The number of hydrogen-bond acceptors (Lipinski definition) is 4. The van der Waals surface area contributed by atoms with Gasteiger partial charge in [-0.3, -0.25) is 9.59 Å². The van der Waals surface area contributed by atoms with Crippen LogP contribution in [0.4, 0.5) is 9.57 Å². The van der Waals surface area contributed by atoms with Gasteiger partial charge in [-0.1, -0.05) is 12.1 Å². The number of halogens is 1. The fraction of sp³-hybridized carbons (Fsp3) is 0.500. The summed E-state index contributed by atoms with van der Waals surface area (Å²) in [5.41, 5.74) is 0.830. The molecule has 1 atom stereocenters. The van der Waals surface area contributed by atoms with Crippen LogP contribution in [0, 0.1) is 5.92 Å². The molecule has 0 radical (unpaired) electrons. The first-order valence-electron chi connectivity index (χ1n) is 7.87. The number of benzene rings is 1. The molecule has 8 heteroatoms. The summed E-state index contributed by atoms with van der Waals surface area (Å²) >= 11 is 0. The topological polar surface area (TPSA) is 74.8 Å². The first-order valence-corrected chi connectivity index (χ1v) is 9.43. The Morgan fingerprint density at radius 1 is 1.29 bits per heavy atom. The number of anilines is 1. The number of hydrogen-bond donors (Lipinski definition) is 0. The van der Waals surface area contributed by atoms with E-state index in [1.807, 2.05) is 13.8 Å². The number of para-hydroxylation sites is 1. The van der Waals surface area contributed by atoms with Crippen molar-refractivity contribution in [1.82, 2.24) is 4.90 Å². The van der Waals surface area contributed by atoms with Gasteiger partial charge in [-0.05, 0) is 26.0 Å². The van der Waals surface area contributed by atoms with Crippen LogP contribution in [0.25, 0.3) is 0 Å². The number of nitrogens with zero attached hydrogens (tertiary/aromatic N) is 2. The van der Waals surface area contributed by atoms with Crippen LogP contribution in [-0.4, -0.2) is 50.5 Å². The molecular formula is C16H21FN2O4S. The lowest BCUT2D eigenvalue weighted by molar-refractivity contribution is -0.117. The van der Waals surface area contributed by atoms with E-state index in [2.05, 4.69) is 0 Å². The molecule has 0 aliphatic carbocycles. The summed E-state index contributed by atoms with van der Waals surface area (Å²) in [5, 5.41) is 0. The molecule has 1 unspecified atom stereocenters. The van der Waals surface area contributed by atoms with Crippen molar-refractivity contribution in [2.75, 3.05) is 30.3 Å². The second-order valence-corrected chi connectivity index (χ2v) is 7.19. The molecule has 1 aliphatic heterocycles. The van der Waals surface area contributed by atoms with E-state index in [0.717, 1.165) is 0 Å². The molecule has 0 bridgehead atoms. The highest BCUT2D eigenvalue weighted by Gasteiger charge is 2.35. The lowest BCUT2D eigenvalue weighted by atomic mass is 10.1. The number of carbonyl (C=O) groups is 2. The van der Waals surface area contributed by atoms with E-state index in [4.69, 9.17) is 0 Å². The van der Waals surface area contributed by atoms with Crippen molar-refractivity contribution in [3.8, 4) is 0 Å².